The van der Waals surface area contributed by atoms with Gasteiger partial charge in [0.1, 0.15) is 11.9 Å². The molecule has 106 valence electrons. The minimum absolute atomic E-state index is 0.183. The molecule has 2 atom stereocenters. The van der Waals surface area contributed by atoms with E-state index in [4.69, 9.17) is 5.11 Å². The van der Waals surface area contributed by atoms with Gasteiger partial charge in [0, 0.05) is 13.0 Å². The zero-order chi connectivity index (χ0) is 14.6. The topological polar surface area (TPSA) is 77.1 Å². The number of aromatic nitrogens is 3. The van der Waals surface area contributed by atoms with E-state index in [9.17, 15) is 14.0 Å². The molecule has 1 aliphatic rings. The number of aryl methyl sites for hydroxylation is 2. The average Bonchev–Trinajstić information content (AvgIpc) is 2.90. The molecule has 19 heavy (non-hydrogen) atoms. The zero-order valence-electron chi connectivity index (χ0n) is 10.9. The third kappa shape index (κ3) is 3.10. The van der Waals surface area contributed by atoms with Crippen molar-refractivity contribution in [1.29, 1.82) is 0 Å². The number of hydrogen-bond donors (Lipinski definition) is 1. The number of hydrogen-bond acceptors (Lipinski definition) is 3. The SMILES string of the molecule is C=C.CC(F)CCn1nc2n(c1=O)C(C(=O)O)CC2. The van der Waals surface area contributed by atoms with Crippen LogP contribution in [0.2, 0.25) is 0 Å². The van der Waals surface area contributed by atoms with Gasteiger partial charge in [-0.05, 0) is 19.8 Å². The summed E-state index contributed by atoms with van der Waals surface area (Å²) < 4.78 is 15.0. The summed E-state index contributed by atoms with van der Waals surface area (Å²) in [6, 6.07) is -0.825. The van der Waals surface area contributed by atoms with Crippen molar-refractivity contribution in [2.24, 2.45) is 0 Å². The first-order valence-corrected chi connectivity index (χ1v) is 6.06. The number of carbonyl (C=O) groups is 1. The van der Waals surface area contributed by atoms with Gasteiger partial charge in [0.05, 0.1) is 6.17 Å². The highest BCUT2D eigenvalue weighted by molar-refractivity contribution is 5.72. The van der Waals surface area contributed by atoms with Crippen LogP contribution in [0.15, 0.2) is 18.0 Å². The van der Waals surface area contributed by atoms with Gasteiger partial charge in [0.25, 0.3) is 0 Å². The van der Waals surface area contributed by atoms with E-state index >= 15 is 0 Å². The van der Waals surface area contributed by atoms with Crippen LogP contribution in [0.3, 0.4) is 0 Å². The molecule has 1 aromatic heterocycles. The van der Waals surface area contributed by atoms with Gasteiger partial charge in [0.2, 0.25) is 0 Å². The second-order valence-electron chi connectivity index (χ2n) is 4.25. The maximum absolute atomic E-state index is 12.7. The Morgan fingerprint density at radius 3 is 2.79 bits per heavy atom. The van der Waals surface area contributed by atoms with E-state index in [2.05, 4.69) is 18.3 Å². The summed E-state index contributed by atoms with van der Waals surface area (Å²) in [5.74, 6) is -0.543. The lowest BCUT2D eigenvalue weighted by Gasteiger charge is -2.05. The Morgan fingerprint density at radius 1 is 1.63 bits per heavy atom. The fraction of sp³-hybridized carbons (Fsp3) is 0.583. The molecule has 7 heteroatoms. The van der Waals surface area contributed by atoms with Crippen LogP contribution in [0.1, 0.15) is 31.6 Å². The van der Waals surface area contributed by atoms with Crippen LogP contribution in [-0.2, 0) is 17.8 Å². The lowest BCUT2D eigenvalue weighted by Crippen LogP contribution is -2.30. The maximum Gasteiger partial charge on any atom is 0.346 e. The summed E-state index contributed by atoms with van der Waals surface area (Å²) >= 11 is 0. The third-order valence-corrected chi connectivity index (χ3v) is 2.92. The average molecular weight is 271 g/mol. The number of fused-ring (bicyclic) bond motifs is 1. The second kappa shape index (κ2) is 6.31. The van der Waals surface area contributed by atoms with E-state index in [1.54, 1.807) is 0 Å². The van der Waals surface area contributed by atoms with Gasteiger partial charge in [-0.3, -0.25) is 4.57 Å². The van der Waals surface area contributed by atoms with Crippen molar-refractivity contribution in [1.82, 2.24) is 14.3 Å². The lowest BCUT2D eigenvalue weighted by atomic mass is 10.2. The monoisotopic (exact) mass is 271 g/mol. The molecule has 0 saturated heterocycles. The summed E-state index contributed by atoms with van der Waals surface area (Å²) in [6.07, 6.45) is 0.0693. The van der Waals surface area contributed by atoms with E-state index in [0.29, 0.717) is 18.7 Å². The molecule has 6 nitrogen and oxygen atoms in total. The minimum atomic E-state index is -1.02. The Morgan fingerprint density at radius 2 is 2.26 bits per heavy atom. The fourth-order valence-electron chi connectivity index (χ4n) is 2.02. The zero-order valence-corrected chi connectivity index (χ0v) is 10.9. The first-order valence-electron chi connectivity index (χ1n) is 6.06. The van der Waals surface area contributed by atoms with Gasteiger partial charge in [-0.1, -0.05) is 0 Å². The largest absolute Gasteiger partial charge is 0.480 e. The van der Waals surface area contributed by atoms with Crippen molar-refractivity contribution in [3.8, 4) is 0 Å². The molecule has 0 aliphatic carbocycles. The molecule has 0 aromatic carbocycles. The number of carboxylic acid groups (broad SMARTS) is 1. The number of aliphatic carboxylic acids is 1. The van der Waals surface area contributed by atoms with Crippen molar-refractivity contribution < 1.29 is 14.3 Å². The van der Waals surface area contributed by atoms with Crippen molar-refractivity contribution in [3.63, 3.8) is 0 Å². The highest BCUT2D eigenvalue weighted by Gasteiger charge is 2.32. The summed E-state index contributed by atoms with van der Waals surface area (Å²) in [7, 11) is 0. The standard InChI is InChI=1S/C10H14FN3O3.C2H4/c1-6(11)4-5-13-10(17)14-7(9(15)16)2-3-8(14)12-13;1-2/h6-7H,2-5H2,1H3,(H,15,16);1-2H2. The minimum Gasteiger partial charge on any atom is -0.480 e. The molecule has 0 spiro atoms. The fourth-order valence-corrected chi connectivity index (χ4v) is 2.02. The van der Waals surface area contributed by atoms with Gasteiger partial charge in [-0.2, -0.15) is 5.10 Å². The van der Waals surface area contributed by atoms with Gasteiger partial charge < -0.3 is 5.11 Å². The van der Waals surface area contributed by atoms with Crippen LogP contribution in [0.5, 0.6) is 0 Å². The van der Waals surface area contributed by atoms with Gasteiger partial charge in [0.15, 0.2) is 0 Å². The lowest BCUT2D eigenvalue weighted by molar-refractivity contribution is -0.140. The van der Waals surface area contributed by atoms with E-state index in [-0.39, 0.29) is 13.0 Å². The number of rotatable bonds is 4. The quantitative estimate of drug-likeness (QED) is 0.834. The number of alkyl halides is 1. The summed E-state index contributed by atoms with van der Waals surface area (Å²) in [5, 5.41) is 13.0. The van der Waals surface area contributed by atoms with Crippen molar-refractivity contribution >= 4 is 5.97 Å². The van der Waals surface area contributed by atoms with Crippen LogP contribution < -0.4 is 5.69 Å². The molecule has 2 rings (SSSR count). The highest BCUT2D eigenvalue weighted by Crippen LogP contribution is 2.22. The molecule has 1 N–H and O–H groups in total. The molecule has 0 radical (unpaired) electrons. The predicted octanol–water partition coefficient (Wildman–Crippen LogP) is 1.17. The van der Waals surface area contributed by atoms with Crippen LogP contribution >= 0.6 is 0 Å². The molecule has 1 aromatic rings. The Balaban J connectivity index is 0.000000861. The molecular formula is C12H18FN3O3. The highest BCUT2D eigenvalue weighted by atomic mass is 19.1. The van der Waals surface area contributed by atoms with Crippen molar-refractivity contribution in [2.45, 2.75) is 44.9 Å². The Bertz CT molecular complexity index is 507. The Kier molecular flexibility index (Phi) is 5.02. The van der Waals surface area contributed by atoms with Crippen molar-refractivity contribution in [2.75, 3.05) is 0 Å². The molecule has 0 fully saturated rings. The Hall–Kier alpha value is -1.92. The number of carboxylic acids is 1. The summed E-state index contributed by atoms with van der Waals surface area (Å²) in [4.78, 5) is 22.8. The second-order valence-corrected chi connectivity index (χ2v) is 4.25. The number of halogens is 1. The van der Waals surface area contributed by atoms with Gasteiger partial charge in [-0.25, -0.2) is 18.7 Å². The third-order valence-electron chi connectivity index (χ3n) is 2.92. The van der Waals surface area contributed by atoms with Crippen LogP contribution in [0.4, 0.5) is 4.39 Å². The van der Waals surface area contributed by atoms with Crippen molar-refractivity contribution in [3.05, 3.63) is 29.5 Å². The first-order chi connectivity index (χ1) is 9.00. The van der Waals surface area contributed by atoms with E-state index < -0.39 is 23.9 Å². The van der Waals surface area contributed by atoms with E-state index in [1.807, 2.05) is 0 Å². The molecule has 0 amide bonds. The molecule has 1 aliphatic heterocycles. The van der Waals surface area contributed by atoms with E-state index in [1.165, 1.54) is 11.5 Å². The predicted molar refractivity (Wildman–Crippen MR) is 67.9 cm³/mol. The molecule has 0 saturated carbocycles. The van der Waals surface area contributed by atoms with Gasteiger partial charge in [-0.15, -0.1) is 13.2 Å². The smallest absolute Gasteiger partial charge is 0.346 e. The Labute approximate surface area is 110 Å². The maximum atomic E-state index is 12.7. The van der Waals surface area contributed by atoms with Gasteiger partial charge >= 0.3 is 11.7 Å². The summed E-state index contributed by atoms with van der Waals surface area (Å²) in [6.45, 7) is 7.59. The van der Waals surface area contributed by atoms with E-state index in [0.717, 1.165) is 4.68 Å². The van der Waals surface area contributed by atoms with Crippen LogP contribution in [-0.4, -0.2) is 31.6 Å². The molecule has 2 unspecified atom stereocenters. The first kappa shape index (κ1) is 15.1. The van der Waals surface area contributed by atoms with Crippen LogP contribution in [0.25, 0.3) is 0 Å². The molecule has 0 bridgehead atoms. The number of nitrogens with zero attached hydrogens (tertiary/aromatic N) is 3. The normalized spacial score (nSPS) is 18.3. The van der Waals surface area contributed by atoms with Crippen LogP contribution in [0, 0.1) is 0 Å². The molecular weight excluding hydrogens is 253 g/mol. The summed E-state index contributed by atoms with van der Waals surface area (Å²) in [5.41, 5.74) is -0.453. The molecule has 2 heterocycles.